The van der Waals surface area contributed by atoms with Gasteiger partial charge in [-0.15, -0.1) is 5.10 Å². The minimum Gasteiger partial charge on any atom is -0.368 e. The zero-order valence-electron chi connectivity index (χ0n) is 15.6. The van der Waals surface area contributed by atoms with Crippen LogP contribution in [-0.4, -0.2) is 47.9 Å². The van der Waals surface area contributed by atoms with Gasteiger partial charge in [0.15, 0.2) is 5.82 Å². The van der Waals surface area contributed by atoms with Gasteiger partial charge in [0.1, 0.15) is 0 Å². The van der Waals surface area contributed by atoms with E-state index in [1.807, 2.05) is 24.3 Å². The van der Waals surface area contributed by atoms with Crippen LogP contribution in [0.15, 0.2) is 60.8 Å². The SMILES string of the molecule is Clc1cccc(N2CCN(c3nncc(NCCc4ccccc4)n3)CC2)c1. The molecule has 1 aromatic heterocycles. The van der Waals surface area contributed by atoms with Gasteiger partial charge in [0.25, 0.3) is 0 Å². The molecule has 0 unspecified atom stereocenters. The number of benzene rings is 2. The number of hydrogen-bond acceptors (Lipinski definition) is 6. The zero-order chi connectivity index (χ0) is 19.2. The highest BCUT2D eigenvalue weighted by Crippen LogP contribution is 2.22. The highest BCUT2D eigenvalue weighted by molar-refractivity contribution is 6.30. The Kier molecular flexibility index (Phi) is 5.87. The number of anilines is 3. The molecule has 1 aliphatic rings. The van der Waals surface area contributed by atoms with Crippen LogP contribution in [0.2, 0.25) is 5.02 Å². The van der Waals surface area contributed by atoms with Gasteiger partial charge in [-0.05, 0) is 30.2 Å². The Bertz CT molecular complexity index is 896. The smallest absolute Gasteiger partial charge is 0.247 e. The lowest BCUT2D eigenvalue weighted by Gasteiger charge is -2.36. The third-order valence-corrected chi connectivity index (χ3v) is 5.08. The maximum atomic E-state index is 6.11. The van der Waals surface area contributed by atoms with Crippen LogP contribution in [0.4, 0.5) is 17.5 Å². The molecule has 7 heteroatoms. The molecule has 6 nitrogen and oxygen atoms in total. The first-order valence-electron chi connectivity index (χ1n) is 9.51. The maximum absolute atomic E-state index is 6.11. The largest absolute Gasteiger partial charge is 0.368 e. The molecule has 4 rings (SSSR count). The topological polar surface area (TPSA) is 57.2 Å². The third kappa shape index (κ3) is 4.70. The van der Waals surface area contributed by atoms with E-state index in [0.29, 0.717) is 5.95 Å². The van der Waals surface area contributed by atoms with Crippen molar-refractivity contribution in [3.8, 4) is 0 Å². The summed E-state index contributed by atoms with van der Waals surface area (Å²) < 4.78 is 0. The summed E-state index contributed by atoms with van der Waals surface area (Å²) in [5, 5.41) is 12.5. The van der Waals surface area contributed by atoms with Crippen LogP contribution in [0.1, 0.15) is 5.56 Å². The van der Waals surface area contributed by atoms with Crippen LogP contribution in [-0.2, 0) is 6.42 Å². The van der Waals surface area contributed by atoms with E-state index in [-0.39, 0.29) is 0 Å². The highest BCUT2D eigenvalue weighted by atomic mass is 35.5. The van der Waals surface area contributed by atoms with E-state index in [1.54, 1.807) is 6.20 Å². The Morgan fingerprint density at radius 2 is 1.71 bits per heavy atom. The molecule has 0 spiro atoms. The fourth-order valence-electron chi connectivity index (χ4n) is 3.33. The molecule has 1 fully saturated rings. The second-order valence-electron chi connectivity index (χ2n) is 6.76. The Morgan fingerprint density at radius 3 is 2.50 bits per heavy atom. The molecule has 0 amide bonds. The molecule has 2 heterocycles. The zero-order valence-corrected chi connectivity index (χ0v) is 16.4. The van der Waals surface area contributed by atoms with Crippen molar-refractivity contribution >= 4 is 29.1 Å². The van der Waals surface area contributed by atoms with Crippen LogP contribution in [0.5, 0.6) is 0 Å². The number of aromatic nitrogens is 3. The Hall–Kier alpha value is -2.86. The fraction of sp³-hybridized carbons (Fsp3) is 0.286. The van der Waals surface area contributed by atoms with E-state index in [2.05, 4.69) is 60.6 Å². The molecule has 28 heavy (non-hydrogen) atoms. The summed E-state index contributed by atoms with van der Waals surface area (Å²) in [5.41, 5.74) is 2.46. The van der Waals surface area contributed by atoms with Crippen molar-refractivity contribution in [1.29, 1.82) is 0 Å². The minimum atomic E-state index is 0.676. The van der Waals surface area contributed by atoms with Crippen LogP contribution < -0.4 is 15.1 Å². The first-order valence-corrected chi connectivity index (χ1v) is 9.89. The second-order valence-corrected chi connectivity index (χ2v) is 7.19. The van der Waals surface area contributed by atoms with Crippen molar-refractivity contribution in [1.82, 2.24) is 15.2 Å². The van der Waals surface area contributed by atoms with Crippen LogP contribution in [0.25, 0.3) is 0 Å². The molecule has 144 valence electrons. The third-order valence-electron chi connectivity index (χ3n) is 4.85. The van der Waals surface area contributed by atoms with E-state index in [1.165, 1.54) is 5.56 Å². The Morgan fingerprint density at radius 1 is 0.929 bits per heavy atom. The average Bonchev–Trinajstić information content (AvgIpc) is 2.75. The first-order chi connectivity index (χ1) is 13.8. The molecule has 0 radical (unpaired) electrons. The van der Waals surface area contributed by atoms with Crippen LogP contribution in [0.3, 0.4) is 0 Å². The molecular weight excluding hydrogens is 372 g/mol. The number of piperazine rings is 1. The predicted octanol–water partition coefficient (Wildman–Crippen LogP) is 3.51. The summed E-state index contributed by atoms with van der Waals surface area (Å²) in [7, 11) is 0. The molecule has 0 saturated carbocycles. The van der Waals surface area contributed by atoms with E-state index in [4.69, 9.17) is 11.6 Å². The van der Waals surface area contributed by atoms with Gasteiger partial charge in [0, 0.05) is 43.4 Å². The van der Waals surface area contributed by atoms with Crippen LogP contribution in [0, 0.1) is 0 Å². The van der Waals surface area contributed by atoms with Crippen molar-refractivity contribution in [3.63, 3.8) is 0 Å². The van der Waals surface area contributed by atoms with Gasteiger partial charge < -0.3 is 15.1 Å². The van der Waals surface area contributed by atoms with Crippen LogP contribution >= 0.6 is 11.6 Å². The first kappa shape index (κ1) is 18.5. The van der Waals surface area contributed by atoms with Gasteiger partial charge in [-0.2, -0.15) is 10.1 Å². The number of hydrogen-bond donors (Lipinski definition) is 1. The van der Waals surface area contributed by atoms with Gasteiger partial charge in [-0.3, -0.25) is 0 Å². The lowest BCUT2D eigenvalue weighted by Crippen LogP contribution is -2.47. The summed E-state index contributed by atoms with van der Waals surface area (Å²) in [5.74, 6) is 1.44. The van der Waals surface area contributed by atoms with Gasteiger partial charge in [0.2, 0.25) is 5.95 Å². The monoisotopic (exact) mass is 394 g/mol. The molecule has 2 aromatic carbocycles. The number of rotatable bonds is 6. The molecule has 0 aliphatic carbocycles. The summed E-state index contributed by atoms with van der Waals surface area (Å²) >= 11 is 6.11. The summed E-state index contributed by atoms with van der Waals surface area (Å²) in [6.07, 6.45) is 2.62. The maximum Gasteiger partial charge on any atom is 0.247 e. The standard InChI is InChI=1S/C21H23ClN6/c22-18-7-4-8-19(15-18)27-11-13-28(14-12-27)21-25-20(16-24-26-21)23-10-9-17-5-2-1-3-6-17/h1-8,15-16H,9-14H2,(H,23,25,26). The molecule has 3 aromatic rings. The number of halogens is 1. The van der Waals surface area contributed by atoms with E-state index >= 15 is 0 Å². The average molecular weight is 395 g/mol. The fourth-order valence-corrected chi connectivity index (χ4v) is 3.51. The molecule has 0 bridgehead atoms. The normalized spacial score (nSPS) is 14.2. The molecular formula is C21H23ClN6. The van der Waals surface area contributed by atoms with E-state index in [9.17, 15) is 0 Å². The number of nitrogens with one attached hydrogen (secondary N) is 1. The summed E-state index contributed by atoms with van der Waals surface area (Å²) in [4.78, 5) is 9.15. The molecule has 0 atom stereocenters. The highest BCUT2D eigenvalue weighted by Gasteiger charge is 2.20. The van der Waals surface area contributed by atoms with Crippen molar-refractivity contribution in [2.45, 2.75) is 6.42 Å². The van der Waals surface area contributed by atoms with Gasteiger partial charge in [-0.1, -0.05) is 48.0 Å². The van der Waals surface area contributed by atoms with Crippen molar-refractivity contribution < 1.29 is 0 Å². The lowest BCUT2D eigenvalue weighted by molar-refractivity contribution is 0.635. The molecule has 1 N–H and O–H groups in total. The van der Waals surface area contributed by atoms with Crippen molar-refractivity contribution in [2.24, 2.45) is 0 Å². The Labute approximate surface area is 170 Å². The molecule has 1 aliphatic heterocycles. The summed E-state index contributed by atoms with van der Waals surface area (Å²) in [6, 6.07) is 18.4. The van der Waals surface area contributed by atoms with Gasteiger partial charge >= 0.3 is 0 Å². The van der Waals surface area contributed by atoms with Gasteiger partial charge in [-0.25, -0.2) is 0 Å². The van der Waals surface area contributed by atoms with Crippen molar-refractivity contribution in [3.05, 3.63) is 71.4 Å². The molecule has 1 saturated heterocycles. The summed E-state index contributed by atoms with van der Waals surface area (Å²) in [6.45, 7) is 4.30. The lowest BCUT2D eigenvalue weighted by atomic mass is 10.1. The van der Waals surface area contributed by atoms with Crippen molar-refractivity contribution in [2.75, 3.05) is 47.8 Å². The minimum absolute atomic E-state index is 0.676. The van der Waals surface area contributed by atoms with E-state index in [0.717, 1.165) is 55.7 Å². The van der Waals surface area contributed by atoms with E-state index < -0.39 is 0 Å². The number of nitrogens with zero attached hydrogens (tertiary/aromatic N) is 5. The predicted molar refractivity (Wildman–Crippen MR) is 114 cm³/mol. The second kappa shape index (κ2) is 8.89. The van der Waals surface area contributed by atoms with Gasteiger partial charge in [0.05, 0.1) is 6.20 Å². The Balaban J connectivity index is 1.32. The quantitative estimate of drug-likeness (QED) is 0.690.